The molecule has 1 aliphatic carbocycles. The molecule has 0 aromatic carbocycles. The number of methoxy groups -OCH3 is 1. The SMILES string of the molecule is COC1OC12CC[CH]CC2. The number of rotatable bonds is 1. The number of ether oxygens (including phenoxy) is 2. The summed E-state index contributed by atoms with van der Waals surface area (Å²) in [6, 6.07) is 0. The maximum Gasteiger partial charge on any atom is 0.187 e. The van der Waals surface area contributed by atoms with Crippen molar-refractivity contribution in [1.29, 1.82) is 0 Å². The summed E-state index contributed by atoms with van der Waals surface area (Å²) in [6.07, 6.45) is 7.15. The van der Waals surface area contributed by atoms with Crippen LogP contribution in [-0.2, 0) is 9.47 Å². The van der Waals surface area contributed by atoms with Crippen LogP contribution in [-0.4, -0.2) is 19.0 Å². The van der Waals surface area contributed by atoms with Crippen molar-refractivity contribution in [3.8, 4) is 0 Å². The monoisotopic (exact) mass is 141 g/mol. The first-order chi connectivity index (χ1) is 4.87. The summed E-state index contributed by atoms with van der Waals surface area (Å²) in [5.41, 5.74) is 0.142. The molecule has 2 fully saturated rings. The van der Waals surface area contributed by atoms with Crippen LogP contribution in [0.4, 0.5) is 0 Å². The van der Waals surface area contributed by atoms with Gasteiger partial charge >= 0.3 is 0 Å². The molecule has 0 aromatic heterocycles. The fraction of sp³-hybridized carbons (Fsp3) is 0.875. The van der Waals surface area contributed by atoms with E-state index in [0.717, 1.165) is 12.8 Å². The highest BCUT2D eigenvalue weighted by atomic mass is 16.8. The Labute approximate surface area is 61.5 Å². The van der Waals surface area contributed by atoms with Crippen molar-refractivity contribution < 1.29 is 9.47 Å². The maximum absolute atomic E-state index is 5.45. The van der Waals surface area contributed by atoms with Crippen LogP contribution in [0, 0.1) is 6.42 Å². The Kier molecular flexibility index (Phi) is 1.46. The second kappa shape index (κ2) is 2.21. The zero-order valence-corrected chi connectivity index (χ0v) is 6.30. The Balaban J connectivity index is 1.92. The third-order valence-electron chi connectivity index (χ3n) is 2.47. The molecular formula is C8H13O2. The molecule has 0 bridgehead atoms. The van der Waals surface area contributed by atoms with E-state index in [1.165, 1.54) is 12.8 Å². The predicted molar refractivity (Wildman–Crippen MR) is 37.4 cm³/mol. The summed E-state index contributed by atoms with van der Waals surface area (Å²) in [4.78, 5) is 0. The highest BCUT2D eigenvalue weighted by molar-refractivity contribution is 5.02. The lowest BCUT2D eigenvalue weighted by Crippen LogP contribution is -2.19. The van der Waals surface area contributed by atoms with Crippen molar-refractivity contribution in [3.05, 3.63) is 6.42 Å². The van der Waals surface area contributed by atoms with Crippen LogP contribution in [0.25, 0.3) is 0 Å². The van der Waals surface area contributed by atoms with Crippen molar-refractivity contribution in [2.75, 3.05) is 7.11 Å². The molecule has 1 heterocycles. The first-order valence-electron chi connectivity index (χ1n) is 3.90. The number of epoxide rings is 1. The smallest absolute Gasteiger partial charge is 0.187 e. The van der Waals surface area contributed by atoms with Gasteiger partial charge in [-0.1, -0.05) is 0 Å². The van der Waals surface area contributed by atoms with E-state index in [4.69, 9.17) is 9.47 Å². The summed E-state index contributed by atoms with van der Waals surface area (Å²) in [5, 5.41) is 0. The molecule has 1 atom stereocenters. The second-order valence-electron chi connectivity index (χ2n) is 3.12. The molecular weight excluding hydrogens is 128 g/mol. The quantitative estimate of drug-likeness (QED) is 0.516. The summed E-state index contributed by atoms with van der Waals surface area (Å²) in [6.45, 7) is 0. The third kappa shape index (κ3) is 0.867. The van der Waals surface area contributed by atoms with Gasteiger partial charge in [0.05, 0.1) is 0 Å². The number of hydrogen-bond donors (Lipinski definition) is 0. The second-order valence-corrected chi connectivity index (χ2v) is 3.12. The molecule has 2 aliphatic rings. The molecule has 2 rings (SSSR count). The van der Waals surface area contributed by atoms with E-state index in [1.807, 2.05) is 0 Å². The molecule has 2 nitrogen and oxygen atoms in total. The van der Waals surface area contributed by atoms with Crippen LogP contribution >= 0.6 is 0 Å². The molecule has 0 aromatic rings. The van der Waals surface area contributed by atoms with Crippen molar-refractivity contribution in [1.82, 2.24) is 0 Å². The molecule has 1 radical (unpaired) electrons. The van der Waals surface area contributed by atoms with E-state index in [-0.39, 0.29) is 11.9 Å². The van der Waals surface area contributed by atoms with Crippen LogP contribution in [0.5, 0.6) is 0 Å². The van der Waals surface area contributed by atoms with E-state index in [9.17, 15) is 0 Å². The molecule has 1 spiro atoms. The van der Waals surface area contributed by atoms with Gasteiger partial charge in [-0.3, -0.25) is 0 Å². The molecule has 2 heteroatoms. The minimum Gasteiger partial charge on any atom is -0.353 e. The zero-order valence-electron chi connectivity index (χ0n) is 6.30. The first kappa shape index (κ1) is 6.62. The fourth-order valence-electron chi connectivity index (χ4n) is 1.76. The van der Waals surface area contributed by atoms with Gasteiger partial charge in [-0.2, -0.15) is 0 Å². The molecule has 0 N–H and O–H groups in total. The summed E-state index contributed by atoms with van der Waals surface area (Å²) >= 11 is 0. The topological polar surface area (TPSA) is 21.8 Å². The van der Waals surface area contributed by atoms with Gasteiger partial charge in [0, 0.05) is 7.11 Å². The standard InChI is InChI=1S/C8H13O2/c1-9-7-8(10-7)5-3-2-4-6-8/h2,7H,3-6H2,1H3. The van der Waals surface area contributed by atoms with Crippen LogP contribution in [0.2, 0.25) is 0 Å². The summed E-state index contributed by atoms with van der Waals surface area (Å²) in [7, 11) is 1.72. The lowest BCUT2D eigenvalue weighted by Gasteiger charge is -2.16. The molecule has 1 saturated heterocycles. The van der Waals surface area contributed by atoms with Crippen molar-refractivity contribution in [3.63, 3.8) is 0 Å². The minimum absolute atomic E-state index is 0.112. The third-order valence-corrected chi connectivity index (χ3v) is 2.47. The lowest BCUT2D eigenvalue weighted by atomic mass is 9.89. The van der Waals surface area contributed by atoms with E-state index in [0.29, 0.717) is 0 Å². The normalized spacial score (nSPS) is 36.3. The van der Waals surface area contributed by atoms with Gasteiger partial charge in [0.15, 0.2) is 6.29 Å². The lowest BCUT2D eigenvalue weighted by molar-refractivity contribution is 0.0950. The predicted octanol–water partition coefficient (Wildman–Crippen LogP) is 1.51. The first-order valence-corrected chi connectivity index (χ1v) is 3.90. The fourth-order valence-corrected chi connectivity index (χ4v) is 1.76. The van der Waals surface area contributed by atoms with Crippen LogP contribution in [0.1, 0.15) is 25.7 Å². The number of hydrogen-bond acceptors (Lipinski definition) is 2. The molecule has 57 valence electrons. The van der Waals surface area contributed by atoms with Crippen molar-refractivity contribution in [2.24, 2.45) is 0 Å². The van der Waals surface area contributed by atoms with E-state index >= 15 is 0 Å². The van der Waals surface area contributed by atoms with Crippen LogP contribution in [0.3, 0.4) is 0 Å². The largest absolute Gasteiger partial charge is 0.353 e. The van der Waals surface area contributed by atoms with Crippen molar-refractivity contribution in [2.45, 2.75) is 37.6 Å². The summed E-state index contributed by atoms with van der Waals surface area (Å²) in [5.74, 6) is 0. The van der Waals surface area contributed by atoms with Gasteiger partial charge in [0.1, 0.15) is 5.60 Å². The average Bonchev–Trinajstić information content (AvgIpc) is 2.65. The average molecular weight is 141 g/mol. The Morgan fingerprint density at radius 3 is 2.70 bits per heavy atom. The van der Waals surface area contributed by atoms with Crippen molar-refractivity contribution >= 4 is 0 Å². The van der Waals surface area contributed by atoms with Gasteiger partial charge in [-0.05, 0) is 32.1 Å². The Morgan fingerprint density at radius 2 is 2.20 bits per heavy atom. The van der Waals surface area contributed by atoms with Gasteiger partial charge in [-0.25, -0.2) is 0 Å². The molecule has 1 saturated carbocycles. The van der Waals surface area contributed by atoms with Gasteiger partial charge in [0.2, 0.25) is 0 Å². The van der Waals surface area contributed by atoms with E-state index in [1.54, 1.807) is 7.11 Å². The highest BCUT2D eigenvalue weighted by Crippen LogP contribution is 2.47. The Bertz CT molecular complexity index is 127. The van der Waals surface area contributed by atoms with Gasteiger partial charge in [-0.15, -0.1) is 0 Å². The Morgan fingerprint density at radius 1 is 1.50 bits per heavy atom. The van der Waals surface area contributed by atoms with E-state index in [2.05, 4.69) is 6.42 Å². The van der Waals surface area contributed by atoms with Crippen LogP contribution < -0.4 is 0 Å². The zero-order chi connectivity index (χ0) is 7.03. The molecule has 0 amide bonds. The molecule has 10 heavy (non-hydrogen) atoms. The molecule has 1 aliphatic heterocycles. The highest BCUT2D eigenvalue weighted by Gasteiger charge is 2.56. The van der Waals surface area contributed by atoms with Crippen LogP contribution in [0.15, 0.2) is 0 Å². The van der Waals surface area contributed by atoms with Gasteiger partial charge < -0.3 is 9.47 Å². The Hall–Kier alpha value is -0.0800. The molecule has 1 unspecified atom stereocenters. The van der Waals surface area contributed by atoms with Gasteiger partial charge in [0.25, 0.3) is 0 Å². The summed E-state index contributed by atoms with van der Waals surface area (Å²) < 4.78 is 10.6. The minimum atomic E-state index is 0.112. The van der Waals surface area contributed by atoms with E-state index < -0.39 is 0 Å². The maximum atomic E-state index is 5.45.